The van der Waals surface area contributed by atoms with E-state index < -0.39 is 80.6 Å². The van der Waals surface area contributed by atoms with E-state index in [-0.39, 0.29) is 12.8 Å². The number of aliphatic hydroxyl groups excluding tert-OH is 4. The van der Waals surface area contributed by atoms with Crippen molar-refractivity contribution in [1.82, 2.24) is 0 Å². The number of carbonyl (C=O) groups is 3. The van der Waals surface area contributed by atoms with Gasteiger partial charge in [-0.2, -0.15) is 0 Å². The summed E-state index contributed by atoms with van der Waals surface area (Å²) in [4.78, 5) is 37.7. The summed E-state index contributed by atoms with van der Waals surface area (Å²) in [7, 11) is 0. The Labute approximate surface area is 313 Å². The summed E-state index contributed by atoms with van der Waals surface area (Å²) in [5.41, 5.74) is 0. The summed E-state index contributed by atoms with van der Waals surface area (Å²) in [6.07, 6.45) is 14.8. The average Bonchev–Trinajstić information content (AvgIpc) is 3.12. The van der Waals surface area contributed by atoms with Crippen molar-refractivity contribution in [3.63, 3.8) is 0 Å². The summed E-state index contributed by atoms with van der Waals surface area (Å²) < 4.78 is 28.1. The molecular weight excluding hydrogens is 672 g/mol. The van der Waals surface area contributed by atoms with Crippen LogP contribution >= 0.6 is 0 Å². The average molecular weight is 747 g/mol. The van der Waals surface area contributed by atoms with E-state index in [0.717, 1.165) is 38.5 Å². The second-order valence-corrected chi connectivity index (χ2v) is 14.5. The largest absolute Gasteiger partial charge is 0.463 e. The maximum absolute atomic E-state index is 13.1. The van der Waals surface area contributed by atoms with Crippen LogP contribution in [0, 0.1) is 0 Å². The number of esters is 3. The number of hydrogen-bond acceptors (Lipinski definition) is 12. The maximum Gasteiger partial charge on any atom is 0.306 e. The van der Waals surface area contributed by atoms with E-state index in [1.807, 2.05) is 0 Å². The van der Waals surface area contributed by atoms with Crippen LogP contribution in [0.4, 0.5) is 0 Å². The molecule has 12 heteroatoms. The minimum absolute atomic E-state index is 0.0957. The van der Waals surface area contributed by atoms with Gasteiger partial charge >= 0.3 is 17.9 Å². The van der Waals surface area contributed by atoms with Crippen LogP contribution in [0.5, 0.6) is 0 Å². The van der Waals surface area contributed by atoms with Gasteiger partial charge in [-0.3, -0.25) is 14.4 Å². The fraction of sp³-hybridized carbons (Fsp3) is 0.925. The Kier molecular flexibility index (Phi) is 29.2. The van der Waals surface area contributed by atoms with Crippen molar-refractivity contribution in [2.75, 3.05) is 19.8 Å². The summed E-state index contributed by atoms with van der Waals surface area (Å²) in [5.74, 6) is -1.81. The minimum Gasteiger partial charge on any atom is -0.463 e. The van der Waals surface area contributed by atoms with Crippen molar-refractivity contribution in [3.05, 3.63) is 0 Å². The van der Waals surface area contributed by atoms with Crippen LogP contribution < -0.4 is 0 Å². The van der Waals surface area contributed by atoms with Gasteiger partial charge in [-0.25, -0.2) is 0 Å². The standard InChI is InChI=1S/C40H74O12/c1-4-6-8-10-12-14-16-18-20-22-24-26-35(45)51-38-37(47)34(30-48-31(3)42)50-40(49-29-33(44)32(43)28-41)39(38)52-36(46)27-25-23-21-19-17-15-13-11-9-7-5-2/h32-34,37-41,43-44,47H,4-30H2,1-3H3/t32-,33+,34-,37-,38+,39+,40-/m1/s1. The molecule has 0 aromatic carbocycles. The number of aliphatic hydroxyl groups is 4. The molecule has 0 aromatic heterocycles. The molecule has 0 radical (unpaired) electrons. The molecule has 0 bridgehead atoms. The lowest BCUT2D eigenvalue weighted by Gasteiger charge is -2.43. The van der Waals surface area contributed by atoms with Crippen molar-refractivity contribution in [1.29, 1.82) is 0 Å². The van der Waals surface area contributed by atoms with Gasteiger partial charge in [0.1, 0.15) is 31.0 Å². The van der Waals surface area contributed by atoms with Gasteiger partial charge in [0.15, 0.2) is 18.5 Å². The Morgan fingerprint density at radius 3 is 1.42 bits per heavy atom. The van der Waals surface area contributed by atoms with Crippen molar-refractivity contribution in [3.8, 4) is 0 Å². The number of hydrogen-bond donors (Lipinski definition) is 4. The predicted molar refractivity (Wildman–Crippen MR) is 198 cm³/mol. The van der Waals surface area contributed by atoms with Crippen LogP contribution in [-0.4, -0.2) is 101 Å². The highest BCUT2D eigenvalue weighted by atomic mass is 16.7. The molecule has 0 aromatic rings. The van der Waals surface area contributed by atoms with Gasteiger partial charge in [0.2, 0.25) is 0 Å². The molecule has 12 nitrogen and oxygen atoms in total. The van der Waals surface area contributed by atoms with Crippen molar-refractivity contribution >= 4 is 17.9 Å². The zero-order chi connectivity index (χ0) is 38.4. The number of ether oxygens (including phenoxy) is 5. The van der Waals surface area contributed by atoms with Gasteiger partial charge in [-0.05, 0) is 12.8 Å². The summed E-state index contributed by atoms with van der Waals surface area (Å²) in [6, 6.07) is 0. The van der Waals surface area contributed by atoms with Gasteiger partial charge in [0, 0.05) is 19.8 Å². The van der Waals surface area contributed by atoms with E-state index in [1.54, 1.807) is 0 Å². The van der Waals surface area contributed by atoms with Crippen molar-refractivity contribution in [2.45, 2.75) is 218 Å². The second kappa shape index (κ2) is 31.5. The third-order valence-corrected chi connectivity index (χ3v) is 9.64. The first-order chi connectivity index (χ1) is 25.1. The van der Waals surface area contributed by atoms with Gasteiger partial charge < -0.3 is 44.1 Å². The Hall–Kier alpha value is -1.83. The molecule has 52 heavy (non-hydrogen) atoms. The van der Waals surface area contributed by atoms with Crippen molar-refractivity contribution < 1.29 is 58.5 Å². The van der Waals surface area contributed by atoms with E-state index in [9.17, 15) is 34.8 Å². The van der Waals surface area contributed by atoms with Crippen molar-refractivity contribution in [2.24, 2.45) is 0 Å². The van der Waals surface area contributed by atoms with Crippen LogP contribution in [0.1, 0.15) is 175 Å². The minimum atomic E-state index is -1.53. The molecule has 1 aliphatic rings. The van der Waals surface area contributed by atoms with E-state index >= 15 is 0 Å². The third-order valence-electron chi connectivity index (χ3n) is 9.64. The highest BCUT2D eigenvalue weighted by molar-refractivity contribution is 5.71. The summed E-state index contributed by atoms with van der Waals surface area (Å²) >= 11 is 0. The fourth-order valence-electron chi connectivity index (χ4n) is 6.34. The van der Waals surface area contributed by atoms with E-state index in [2.05, 4.69) is 13.8 Å². The van der Waals surface area contributed by atoms with Crippen LogP contribution in [-0.2, 0) is 38.1 Å². The highest BCUT2D eigenvalue weighted by Gasteiger charge is 2.51. The zero-order valence-electron chi connectivity index (χ0n) is 32.7. The monoisotopic (exact) mass is 747 g/mol. The van der Waals surface area contributed by atoms with E-state index in [4.69, 9.17) is 23.7 Å². The zero-order valence-corrected chi connectivity index (χ0v) is 32.7. The van der Waals surface area contributed by atoms with E-state index in [1.165, 1.54) is 96.8 Å². The summed E-state index contributed by atoms with van der Waals surface area (Å²) in [6.45, 7) is 3.97. The summed E-state index contributed by atoms with van der Waals surface area (Å²) in [5, 5.41) is 40.6. The Balaban J connectivity index is 2.80. The molecule has 1 saturated heterocycles. The number of unbranched alkanes of at least 4 members (excludes halogenated alkanes) is 20. The molecule has 1 fully saturated rings. The molecule has 0 saturated carbocycles. The fourth-order valence-corrected chi connectivity index (χ4v) is 6.34. The second-order valence-electron chi connectivity index (χ2n) is 14.5. The highest BCUT2D eigenvalue weighted by Crippen LogP contribution is 2.29. The first-order valence-corrected chi connectivity index (χ1v) is 20.6. The number of carbonyl (C=O) groups excluding carboxylic acids is 3. The van der Waals surface area contributed by atoms with Crippen LogP contribution in [0.2, 0.25) is 0 Å². The molecule has 306 valence electrons. The first kappa shape index (κ1) is 48.2. The molecule has 0 aliphatic carbocycles. The maximum atomic E-state index is 13.1. The Morgan fingerprint density at radius 1 is 0.615 bits per heavy atom. The lowest BCUT2D eigenvalue weighted by atomic mass is 9.98. The quantitative estimate of drug-likeness (QED) is 0.0322. The van der Waals surface area contributed by atoms with Gasteiger partial charge in [0.25, 0.3) is 0 Å². The molecule has 4 N–H and O–H groups in total. The molecule has 1 heterocycles. The normalized spacial score (nSPS) is 21.4. The third kappa shape index (κ3) is 23.1. The number of rotatable bonds is 33. The molecule has 7 atom stereocenters. The van der Waals surface area contributed by atoms with Gasteiger partial charge in [-0.1, -0.05) is 142 Å². The first-order valence-electron chi connectivity index (χ1n) is 20.6. The smallest absolute Gasteiger partial charge is 0.306 e. The molecule has 1 rings (SSSR count). The molecule has 0 unspecified atom stereocenters. The molecule has 1 aliphatic heterocycles. The van der Waals surface area contributed by atoms with E-state index in [0.29, 0.717) is 12.8 Å². The molecule has 0 spiro atoms. The van der Waals surface area contributed by atoms with Crippen LogP contribution in [0.15, 0.2) is 0 Å². The Bertz CT molecular complexity index is 902. The Morgan fingerprint density at radius 2 is 1.02 bits per heavy atom. The van der Waals surface area contributed by atoms with Gasteiger partial charge in [0.05, 0.1) is 13.2 Å². The molecular formula is C40H74O12. The predicted octanol–water partition coefficient (Wildman–Crippen LogP) is 6.59. The SMILES string of the molecule is CCCCCCCCCCCCCC(=O)O[C@@H]1[C@H](OC[C@H](O)[C@H](O)CO)O[C@H](COC(C)=O)[C@@H](O)[C@@H]1OC(=O)CCCCCCCCCCCCC. The lowest BCUT2D eigenvalue weighted by molar-refractivity contribution is -0.311. The lowest BCUT2D eigenvalue weighted by Crippen LogP contribution is -2.62. The molecule has 0 amide bonds. The van der Waals surface area contributed by atoms with Gasteiger partial charge in [-0.15, -0.1) is 0 Å². The van der Waals surface area contributed by atoms with Crippen LogP contribution in [0.3, 0.4) is 0 Å². The topological polar surface area (TPSA) is 178 Å². The van der Waals surface area contributed by atoms with Crippen LogP contribution in [0.25, 0.3) is 0 Å².